The van der Waals surface area contributed by atoms with Crippen molar-refractivity contribution in [3.05, 3.63) is 68.0 Å². The highest BCUT2D eigenvalue weighted by atomic mass is 79.9. The summed E-state index contributed by atoms with van der Waals surface area (Å²) in [7, 11) is 0. The van der Waals surface area contributed by atoms with Gasteiger partial charge in [-0.3, -0.25) is 9.69 Å². The van der Waals surface area contributed by atoms with E-state index in [9.17, 15) is 4.79 Å². The van der Waals surface area contributed by atoms with Gasteiger partial charge >= 0.3 is 0 Å². The van der Waals surface area contributed by atoms with Gasteiger partial charge in [0.2, 0.25) is 0 Å². The molecule has 3 nitrogen and oxygen atoms in total. The Morgan fingerprint density at radius 3 is 2.70 bits per heavy atom. The molecular formula is C23H21BrClNO2S2. The Hall–Kier alpha value is -1.34. The average Bonchev–Trinajstić information content (AvgIpc) is 3.02. The van der Waals surface area contributed by atoms with Crippen molar-refractivity contribution < 1.29 is 9.53 Å². The van der Waals surface area contributed by atoms with E-state index in [0.717, 1.165) is 34.2 Å². The Morgan fingerprint density at radius 2 is 1.97 bits per heavy atom. The van der Waals surface area contributed by atoms with Crippen LogP contribution in [0.3, 0.4) is 0 Å². The predicted octanol–water partition coefficient (Wildman–Crippen LogP) is 7.22. The summed E-state index contributed by atoms with van der Waals surface area (Å²) in [6.07, 6.45) is 7.59. The third kappa shape index (κ3) is 4.93. The van der Waals surface area contributed by atoms with Crippen molar-refractivity contribution in [3.8, 4) is 5.75 Å². The number of benzene rings is 2. The number of carbonyl (C=O) groups is 1. The van der Waals surface area contributed by atoms with Gasteiger partial charge in [0.25, 0.3) is 5.91 Å². The summed E-state index contributed by atoms with van der Waals surface area (Å²) in [6.45, 7) is 0.387. The van der Waals surface area contributed by atoms with Crippen LogP contribution in [0.5, 0.6) is 5.75 Å². The van der Waals surface area contributed by atoms with E-state index in [1.54, 1.807) is 0 Å². The normalized spacial score (nSPS) is 19.0. The number of hydrogen-bond acceptors (Lipinski definition) is 4. The average molecular weight is 523 g/mol. The number of ether oxygens (including phenoxy) is 1. The fraction of sp³-hybridized carbons (Fsp3) is 0.304. The molecule has 1 aliphatic carbocycles. The van der Waals surface area contributed by atoms with Crippen molar-refractivity contribution in [1.29, 1.82) is 0 Å². The Balaban J connectivity index is 1.46. The fourth-order valence-corrected chi connectivity index (χ4v) is 5.88. The van der Waals surface area contributed by atoms with Crippen molar-refractivity contribution in [2.45, 2.75) is 44.8 Å². The highest BCUT2D eigenvalue weighted by Gasteiger charge is 2.37. The van der Waals surface area contributed by atoms with Crippen molar-refractivity contribution in [2.75, 3.05) is 0 Å². The van der Waals surface area contributed by atoms with E-state index in [2.05, 4.69) is 15.9 Å². The molecule has 0 aromatic heterocycles. The van der Waals surface area contributed by atoms with Gasteiger partial charge in [0, 0.05) is 16.6 Å². The molecule has 0 spiro atoms. The molecule has 1 heterocycles. The number of carbonyl (C=O) groups excluding carboxylic acids is 1. The first kappa shape index (κ1) is 21.9. The van der Waals surface area contributed by atoms with Gasteiger partial charge in [0.1, 0.15) is 16.7 Å². The number of nitrogens with zero attached hydrogens (tertiary/aromatic N) is 1. The summed E-state index contributed by atoms with van der Waals surface area (Å²) >= 11 is 16.7. The second kappa shape index (κ2) is 9.86. The maximum atomic E-state index is 13.0. The third-order valence-corrected chi connectivity index (χ3v) is 7.68. The van der Waals surface area contributed by atoms with E-state index in [1.807, 2.05) is 53.4 Å². The zero-order valence-electron chi connectivity index (χ0n) is 16.3. The lowest BCUT2D eigenvalue weighted by atomic mass is 9.94. The molecule has 1 aliphatic heterocycles. The molecule has 2 fully saturated rings. The summed E-state index contributed by atoms with van der Waals surface area (Å²) in [5.41, 5.74) is 1.86. The minimum Gasteiger partial charge on any atom is -0.488 e. The Labute approximate surface area is 199 Å². The summed E-state index contributed by atoms with van der Waals surface area (Å²) in [6, 6.07) is 13.7. The standard InChI is InChI=1S/C23H21BrClNO2S2/c24-18-12-15(10-11-20(18)28-14-16-6-4-5-9-19(16)25)13-21-22(27)26(23(29)30-21)17-7-2-1-3-8-17/h4-6,9-13,17H,1-3,7-8,14H2/b21-13-. The molecule has 7 heteroatoms. The molecule has 2 aromatic rings. The van der Waals surface area contributed by atoms with E-state index in [4.69, 9.17) is 28.6 Å². The molecule has 0 unspecified atom stereocenters. The van der Waals surface area contributed by atoms with Crippen LogP contribution in [0.25, 0.3) is 6.08 Å². The number of hydrogen-bond donors (Lipinski definition) is 0. The van der Waals surface area contributed by atoms with E-state index in [-0.39, 0.29) is 11.9 Å². The van der Waals surface area contributed by atoms with Crippen molar-refractivity contribution in [1.82, 2.24) is 4.90 Å². The molecule has 2 aliphatic rings. The van der Waals surface area contributed by atoms with Crippen molar-refractivity contribution in [2.24, 2.45) is 0 Å². The van der Waals surface area contributed by atoms with E-state index >= 15 is 0 Å². The highest BCUT2D eigenvalue weighted by molar-refractivity contribution is 9.10. The maximum absolute atomic E-state index is 13.0. The third-order valence-electron chi connectivity index (χ3n) is 5.36. The molecule has 0 bridgehead atoms. The lowest BCUT2D eigenvalue weighted by Crippen LogP contribution is -2.39. The van der Waals surface area contributed by atoms with Gasteiger partial charge in [-0.2, -0.15) is 0 Å². The zero-order chi connectivity index (χ0) is 21.1. The van der Waals surface area contributed by atoms with Crippen LogP contribution in [-0.2, 0) is 11.4 Å². The Morgan fingerprint density at radius 1 is 1.20 bits per heavy atom. The van der Waals surface area contributed by atoms with E-state index in [1.165, 1.54) is 31.0 Å². The van der Waals surface area contributed by atoms with Gasteiger partial charge in [-0.1, -0.05) is 79.1 Å². The monoisotopic (exact) mass is 521 g/mol. The van der Waals surface area contributed by atoms with Gasteiger partial charge in [0.15, 0.2) is 0 Å². The van der Waals surface area contributed by atoms with Crippen LogP contribution < -0.4 is 4.74 Å². The molecule has 1 saturated heterocycles. The first-order chi connectivity index (χ1) is 14.5. The van der Waals surface area contributed by atoms with Gasteiger partial charge in [-0.05, 0) is 58.6 Å². The molecule has 1 saturated carbocycles. The molecule has 2 aromatic carbocycles. The highest BCUT2D eigenvalue weighted by Crippen LogP contribution is 2.38. The largest absolute Gasteiger partial charge is 0.488 e. The first-order valence-corrected chi connectivity index (χ1v) is 12.4. The van der Waals surface area contributed by atoms with Crippen LogP contribution >= 0.6 is 51.5 Å². The topological polar surface area (TPSA) is 29.5 Å². The lowest BCUT2D eigenvalue weighted by Gasteiger charge is -2.29. The van der Waals surface area contributed by atoms with E-state index < -0.39 is 0 Å². The number of amides is 1. The SMILES string of the molecule is O=C1/C(=C/c2ccc(OCc3ccccc3Cl)c(Br)c2)SC(=S)N1C1CCCCC1. The second-order valence-corrected chi connectivity index (χ2v) is 10.4. The number of rotatable bonds is 5. The summed E-state index contributed by atoms with van der Waals surface area (Å²) in [5.74, 6) is 0.758. The molecule has 0 N–H and O–H groups in total. The Bertz CT molecular complexity index is 1000. The van der Waals surface area contributed by atoms with Crippen LogP contribution in [0, 0.1) is 0 Å². The van der Waals surface area contributed by atoms with Crippen molar-refractivity contribution in [3.63, 3.8) is 0 Å². The minimum atomic E-state index is 0.0343. The maximum Gasteiger partial charge on any atom is 0.266 e. The predicted molar refractivity (Wildman–Crippen MR) is 132 cm³/mol. The minimum absolute atomic E-state index is 0.0343. The molecule has 4 rings (SSSR count). The van der Waals surface area contributed by atoms with Crippen LogP contribution in [0.1, 0.15) is 43.2 Å². The van der Waals surface area contributed by atoms with Crippen molar-refractivity contribution >= 4 is 67.8 Å². The molecule has 156 valence electrons. The van der Waals surface area contributed by atoms with Gasteiger partial charge < -0.3 is 4.74 Å². The first-order valence-electron chi connectivity index (χ1n) is 9.96. The van der Waals surface area contributed by atoms with Gasteiger partial charge in [-0.15, -0.1) is 0 Å². The fourth-order valence-electron chi connectivity index (χ4n) is 3.78. The lowest BCUT2D eigenvalue weighted by molar-refractivity contribution is -0.124. The Kier molecular flexibility index (Phi) is 7.19. The number of thiocarbonyl (C=S) groups is 1. The van der Waals surface area contributed by atoms with Crippen LogP contribution in [-0.4, -0.2) is 21.2 Å². The quantitative estimate of drug-likeness (QED) is 0.306. The van der Waals surface area contributed by atoms with Crippen LogP contribution in [0.2, 0.25) is 5.02 Å². The number of halogens is 2. The summed E-state index contributed by atoms with van der Waals surface area (Å²) < 4.78 is 7.41. The van der Waals surface area contributed by atoms with E-state index in [0.29, 0.717) is 20.9 Å². The van der Waals surface area contributed by atoms with Gasteiger partial charge in [0.05, 0.1) is 9.38 Å². The molecule has 0 radical (unpaired) electrons. The number of thioether (sulfide) groups is 1. The summed E-state index contributed by atoms with van der Waals surface area (Å²) in [4.78, 5) is 15.5. The smallest absolute Gasteiger partial charge is 0.266 e. The molecule has 0 atom stereocenters. The van der Waals surface area contributed by atoms with Crippen LogP contribution in [0.15, 0.2) is 51.8 Å². The molecular weight excluding hydrogens is 502 g/mol. The second-order valence-electron chi connectivity index (χ2n) is 7.41. The van der Waals surface area contributed by atoms with Crippen LogP contribution in [0.4, 0.5) is 0 Å². The zero-order valence-corrected chi connectivity index (χ0v) is 20.2. The van der Waals surface area contributed by atoms with Gasteiger partial charge in [-0.25, -0.2) is 0 Å². The summed E-state index contributed by atoms with van der Waals surface area (Å²) in [5, 5.41) is 0.685. The molecule has 1 amide bonds. The molecule has 30 heavy (non-hydrogen) atoms.